The average molecular weight is 389 g/mol. The van der Waals surface area contributed by atoms with Gasteiger partial charge in [0.05, 0.1) is 29.6 Å². The predicted octanol–water partition coefficient (Wildman–Crippen LogP) is 6.28. The fourth-order valence-corrected chi connectivity index (χ4v) is 3.81. The highest BCUT2D eigenvalue weighted by Gasteiger charge is 2.13. The standard InChI is InChI=1S/C19H14Cl2N2OS/c20-13-3-6-16(7-4-13)25-12-19-22-17-8-5-14(21)10-18(17)23(19)11-15-2-1-9-24-15/h1-10H,11-12H2. The van der Waals surface area contributed by atoms with Gasteiger partial charge in [0.15, 0.2) is 0 Å². The monoisotopic (exact) mass is 388 g/mol. The number of rotatable bonds is 5. The van der Waals surface area contributed by atoms with Crippen molar-refractivity contribution in [2.45, 2.75) is 17.2 Å². The first-order valence-electron chi connectivity index (χ1n) is 7.74. The van der Waals surface area contributed by atoms with E-state index < -0.39 is 0 Å². The molecular formula is C19H14Cl2N2OS. The van der Waals surface area contributed by atoms with E-state index in [1.807, 2.05) is 54.6 Å². The van der Waals surface area contributed by atoms with Crippen LogP contribution in [0, 0.1) is 0 Å². The van der Waals surface area contributed by atoms with Crippen LogP contribution in [0.4, 0.5) is 0 Å². The fraction of sp³-hybridized carbons (Fsp3) is 0.105. The zero-order valence-corrected chi connectivity index (χ0v) is 15.5. The maximum atomic E-state index is 6.19. The first-order valence-corrected chi connectivity index (χ1v) is 9.48. The summed E-state index contributed by atoms with van der Waals surface area (Å²) in [7, 11) is 0. The lowest BCUT2D eigenvalue weighted by molar-refractivity contribution is 0.493. The van der Waals surface area contributed by atoms with Crippen LogP contribution in [-0.2, 0) is 12.3 Å². The number of hydrogen-bond donors (Lipinski definition) is 0. The molecule has 2 heterocycles. The second kappa shape index (κ2) is 7.16. The van der Waals surface area contributed by atoms with E-state index in [0.717, 1.165) is 38.3 Å². The summed E-state index contributed by atoms with van der Waals surface area (Å²) in [5.74, 6) is 2.61. The molecule has 0 aliphatic carbocycles. The zero-order chi connectivity index (χ0) is 17.2. The summed E-state index contributed by atoms with van der Waals surface area (Å²) in [5.41, 5.74) is 1.94. The summed E-state index contributed by atoms with van der Waals surface area (Å²) in [6.45, 7) is 0.625. The average Bonchev–Trinajstić information content (AvgIpc) is 3.23. The van der Waals surface area contributed by atoms with Crippen LogP contribution in [0.25, 0.3) is 11.0 Å². The highest BCUT2D eigenvalue weighted by molar-refractivity contribution is 7.98. The van der Waals surface area contributed by atoms with Gasteiger partial charge < -0.3 is 8.98 Å². The van der Waals surface area contributed by atoms with Crippen molar-refractivity contribution < 1.29 is 4.42 Å². The number of halogens is 2. The molecule has 25 heavy (non-hydrogen) atoms. The number of benzene rings is 2. The number of nitrogens with zero attached hydrogens (tertiary/aromatic N) is 2. The lowest BCUT2D eigenvalue weighted by Gasteiger charge is -2.08. The lowest BCUT2D eigenvalue weighted by Crippen LogP contribution is -2.03. The molecule has 0 unspecified atom stereocenters. The first-order chi connectivity index (χ1) is 12.2. The predicted molar refractivity (Wildman–Crippen MR) is 104 cm³/mol. The molecule has 4 rings (SSSR count). The Morgan fingerprint density at radius 2 is 1.80 bits per heavy atom. The van der Waals surface area contributed by atoms with E-state index in [9.17, 15) is 0 Å². The Morgan fingerprint density at radius 1 is 1.00 bits per heavy atom. The number of fused-ring (bicyclic) bond motifs is 1. The maximum Gasteiger partial charge on any atom is 0.123 e. The van der Waals surface area contributed by atoms with Gasteiger partial charge in [0.2, 0.25) is 0 Å². The van der Waals surface area contributed by atoms with Crippen LogP contribution in [0.2, 0.25) is 10.0 Å². The third-order valence-corrected chi connectivity index (χ3v) is 5.36. The summed E-state index contributed by atoms with van der Waals surface area (Å²) in [4.78, 5) is 5.93. The molecule has 2 aromatic heterocycles. The van der Waals surface area contributed by atoms with E-state index in [0.29, 0.717) is 11.6 Å². The largest absolute Gasteiger partial charge is 0.467 e. The molecule has 0 atom stereocenters. The third kappa shape index (κ3) is 3.71. The normalized spacial score (nSPS) is 11.3. The van der Waals surface area contributed by atoms with Gasteiger partial charge in [-0.25, -0.2) is 4.98 Å². The third-order valence-electron chi connectivity index (χ3n) is 3.86. The number of furan rings is 1. The van der Waals surface area contributed by atoms with Gasteiger partial charge in [0, 0.05) is 14.9 Å². The van der Waals surface area contributed by atoms with Crippen molar-refractivity contribution in [3.63, 3.8) is 0 Å². The molecule has 6 heteroatoms. The quantitative estimate of drug-likeness (QED) is 0.377. The van der Waals surface area contributed by atoms with Crippen LogP contribution in [0.15, 0.2) is 70.2 Å². The van der Waals surface area contributed by atoms with Gasteiger partial charge >= 0.3 is 0 Å². The summed E-state index contributed by atoms with van der Waals surface area (Å²) < 4.78 is 7.67. The Balaban J connectivity index is 1.67. The minimum Gasteiger partial charge on any atom is -0.467 e. The number of hydrogen-bond acceptors (Lipinski definition) is 3. The van der Waals surface area contributed by atoms with E-state index in [1.165, 1.54) is 0 Å². The van der Waals surface area contributed by atoms with Crippen LogP contribution in [0.3, 0.4) is 0 Å². The van der Waals surface area contributed by atoms with Crippen molar-refractivity contribution in [3.05, 3.63) is 82.5 Å². The van der Waals surface area contributed by atoms with Gasteiger partial charge in [-0.15, -0.1) is 11.8 Å². The van der Waals surface area contributed by atoms with Crippen molar-refractivity contribution >= 4 is 46.0 Å². The Bertz CT molecular complexity index is 994. The second-order valence-corrected chi connectivity index (χ2v) is 7.49. The van der Waals surface area contributed by atoms with Gasteiger partial charge in [-0.05, 0) is 54.6 Å². The van der Waals surface area contributed by atoms with Crippen molar-refractivity contribution in [1.82, 2.24) is 9.55 Å². The van der Waals surface area contributed by atoms with Gasteiger partial charge in [-0.3, -0.25) is 0 Å². The van der Waals surface area contributed by atoms with E-state index in [-0.39, 0.29) is 0 Å². The zero-order valence-electron chi connectivity index (χ0n) is 13.2. The van der Waals surface area contributed by atoms with Gasteiger partial charge in [-0.1, -0.05) is 23.2 Å². The topological polar surface area (TPSA) is 31.0 Å². The molecular weight excluding hydrogens is 375 g/mol. The molecule has 3 nitrogen and oxygen atoms in total. The molecule has 0 saturated heterocycles. The summed E-state index contributed by atoms with van der Waals surface area (Å²) in [5, 5.41) is 1.44. The highest BCUT2D eigenvalue weighted by atomic mass is 35.5. The summed E-state index contributed by atoms with van der Waals surface area (Å²) in [6, 6.07) is 17.5. The molecule has 0 N–H and O–H groups in total. The lowest BCUT2D eigenvalue weighted by atomic mass is 10.3. The minimum absolute atomic E-state index is 0.625. The SMILES string of the molecule is Clc1ccc(SCc2nc3ccc(Cl)cc3n2Cc2ccco2)cc1. The number of aromatic nitrogens is 2. The highest BCUT2D eigenvalue weighted by Crippen LogP contribution is 2.28. The minimum atomic E-state index is 0.625. The molecule has 2 aromatic carbocycles. The second-order valence-electron chi connectivity index (χ2n) is 5.57. The van der Waals surface area contributed by atoms with E-state index in [1.54, 1.807) is 18.0 Å². The van der Waals surface area contributed by atoms with Crippen molar-refractivity contribution in [1.29, 1.82) is 0 Å². The fourth-order valence-electron chi connectivity index (χ4n) is 2.67. The molecule has 0 bridgehead atoms. The first kappa shape index (κ1) is 16.6. The van der Waals surface area contributed by atoms with Gasteiger partial charge in [0.25, 0.3) is 0 Å². The molecule has 0 saturated carbocycles. The van der Waals surface area contributed by atoms with Crippen LogP contribution in [-0.4, -0.2) is 9.55 Å². The molecule has 0 aliphatic rings. The molecule has 0 spiro atoms. The van der Waals surface area contributed by atoms with E-state index >= 15 is 0 Å². The summed E-state index contributed by atoms with van der Waals surface area (Å²) >= 11 is 13.9. The molecule has 0 fully saturated rings. The smallest absolute Gasteiger partial charge is 0.123 e. The molecule has 0 aliphatic heterocycles. The van der Waals surface area contributed by atoms with Crippen molar-refractivity contribution in [2.24, 2.45) is 0 Å². The Hall–Kier alpha value is -1.88. The number of imidazole rings is 1. The number of thioether (sulfide) groups is 1. The van der Waals surface area contributed by atoms with Crippen molar-refractivity contribution in [2.75, 3.05) is 0 Å². The Kier molecular flexibility index (Phi) is 4.75. The maximum absolute atomic E-state index is 6.19. The van der Waals surface area contributed by atoms with E-state index in [2.05, 4.69) is 4.57 Å². The molecule has 0 radical (unpaired) electrons. The Morgan fingerprint density at radius 3 is 2.56 bits per heavy atom. The molecule has 4 aromatic rings. The van der Waals surface area contributed by atoms with Crippen LogP contribution in [0.1, 0.15) is 11.6 Å². The van der Waals surface area contributed by atoms with Crippen LogP contribution >= 0.6 is 35.0 Å². The van der Waals surface area contributed by atoms with Crippen LogP contribution in [0.5, 0.6) is 0 Å². The molecule has 126 valence electrons. The van der Waals surface area contributed by atoms with Crippen LogP contribution < -0.4 is 0 Å². The Labute approximate surface area is 159 Å². The van der Waals surface area contributed by atoms with Gasteiger partial charge in [-0.2, -0.15) is 0 Å². The van der Waals surface area contributed by atoms with Gasteiger partial charge in [0.1, 0.15) is 11.6 Å². The van der Waals surface area contributed by atoms with Crippen molar-refractivity contribution in [3.8, 4) is 0 Å². The summed E-state index contributed by atoms with van der Waals surface area (Å²) in [6.07, 6.45) is 1.68. The molecule has 0 amide bonds. The van der Waals surface area contributed by atoms with E-state index in [4.69, 9.17) is 32.6 Å².